The van der Waals surface area contributed by atoms with Gasteiger partial charge in [0, 0.05) is 13.2 Å². The minimum atomic E-state index is -0.175. The summed E-state index contributed by atoms with van der Waals surface area (Å²) in [6, 6.07) is 0. The molecule has 4 heteroatoms. The van der Waals surface area contributed by atoms with E-state index in [1.165, 1.54) is 0 Å². The second-order valence-corrected chi connectivity index (χ2v) is 6.17. The molecule has 0 aliphatic carbocycles. The fourth-order valence-corrected chi connectivity index (χ4v) is 3.17. The van der Waals surface area contributed by atoms with Gasteiger partial charge in [0.2, 0.25) is 5.91 Å². The summed E-state index contributed by atoms with van der Waals surface area (Å²) in [6.07, 6.45) is 6.20. The van der Waals surface area contributed by atoms with Gasteiger partial charge >= 0.3 is 0 Å². The molecule has 1 rings (SSSR count). The summed E-state index contributed by atoms with van der Waals surface area (Å²) in [7, 11) is 0. The summed E-state index contributed by atoms with van der Waals surface area (Å²) in [4.78, 5) is 11.9. The van der Waals surface area contributed by atoms with Crippen molar-refractivity contribution in [3.05, 3.63) is 0 Å². The third-order valence-electron chi connectivity index (χ3n) is 3.07. The Morgan fingerprint density at radius 3 is 2.75 bits per heavy atom. The van der Waals surface area contributed by atoms with E-state index >= 15 is 0 Å². The number of nitrogens with one attached hydrogen (secondary N) is 1. The van der Waals surface area contributed by atoms with E-state index in [1.54, 1.807) is 11.8 Å². The monoisotopic (exact) mass is 245 g/mol. The zero-order valence-corrected chi connectivity index (χ0v) is 10.9. The minimum Gasteiger partial charge on any atom is -0.396 e. The Morgan fingerprint density at radius 2 is 2.12 bits per heavy atom. The van der Waals surface area contributed by atoms with Crippen molar-refractivity contribution in [1.29, 1.82) is 0 Å². The topological polar surface area (TPSA) is 49.3 Å². The first-order valence-corrected chi connectivity index (χ1v) is 7.21. The smallest absolute Gasteiger partial charge is 0.235 e. The zero-order valence-electron chi connectivity index (χ0n) is 10.1. The SMILES string of the molecule is CC1(C(=O)NCCCCCCO)CCCS1. The zero-order chi connectivity index (χ0) is 11.9. The normalized spacial score (nSPS) is 24.6. The number of aliphatic hydroxyl groups is 1. The summed E-state index contributed by atoms with van der Waals surface area (Å²) in [5, 5.41) is 11.6. The third kappa shape index (κ3) is 4.34. The molecule has 94 valence electrons. The van der Waals surface area contributed by atoms with Crippen LogP contribution in [0.4, 0.5) is 0 Å². The van der Waals surface area contributed by atoms with Gasteiger partial charge in [0.1, 0.15) is 0 Å². The highest BCUT2D eigenvalue weighted by Gasteiger charge is 2.36. The van der Waals surface area contributed by atoms with E-state index in [-0.39, 0.29) is 17.3 Å². The third-order valence-corrected chi connectivity index (χ3v) is 4.59. The Balaban J connectivity index is 2.06. The fraction of sp³-hybridized carbons (Fsp3) is 0.917. The molecule has 0 bridgehead atoms. The number of carbonyl (C=O) groups is 1. The van der Waals surface area contributed by atoms with Gasteiger partial charge in [-0.1, -0.05) is 12.8 Å². The lowest BCUT2D eigenvalue weighted by Crippen LogP contribution is -2.40. The second kappa shape index (κ2) is 7.17. The number of hydrogen-bond acceptors (Lipinski definition) is 3. The highest BCUT2D eigenvalue weighted by Crippen LogP contribution is 2.37. The van der Waals surface area contributed by atoms with Crippen molar-refractivity contribution in [2.75, 3.05) is 18.9 Å². The van der Waals surface area contributed by atoms with Crippen molar-refractivity contribution in [3.8, 4) is 0 Å². The van der Waals surface area contributed by atoms with Crippen molar-refractivity contribution in [2.45, 2.75) is 50.2 Å². The minimum absolute atomic E-state index is 0.175. The Labute approximate surface area is 102 Å². The second-order valence-electron chi connectivity index (χ2n) is 4.58. The van der Waals surface area contributed by atoms with Crippen molar-refractivity contribution in [3.63, 3.8) is 0 Å². The molecule has 1 amide bonds. The van der Waals surface area contributed by atoms with Gasteiger partial charge in [0.05, 0.1) is 4.75 Å². The largest absolute Gasteiger partial charge is 0.396 e. The molecule has 1 aliphatic heterocycles. The predicted molar refractivity (Wildman–Crippen MR) is 68.7 cm³/mol. The Morgan fingerprint density at radius 1 is 1.38 bits per heavy atom. The van der Waals surface area contributed by atoms with Gasteiger partial charge in [-0.3, -0.25) is 4.79 Å². The molecule has 0 saturated carbocycles. The van der Waals surface area contributed by atoms with Crippen LogP contribution in [-0.4, -0.2) is 34.7 Å². The summed E-state index contributed by atoms with van der Waals surface area (Å²) in [5.41, 5.74) is 0. The van der Waals surface area contributed by atoms with Crippen molar-refractivity contribution >= 4 is 17.7 Å². The average Bonchev–Trinajstić information content (AvgIpc) is 2.71. The average molecular weight is 245 g/mol. The number of rotatable bonds is 7. The van der Waals surface area contributed by atoms with E-state index in [9.17, 15) is 4.79 Å². The first-order chi connectivity index (χ1) is 7.69. The number of carbonyl (C=O) groups excluding carboxylic acids is 1. The van der Waals surface area contributed by atoms with Crippen LogP contribution in [0, 0.1) is 0 Å². The predicted octanol–water partition coefficient (Wildman–Crippen LogP) is 1.94. The molecule has 1 aliphatic rings. The van der Waals surface area contributed by atoms with Crippen molar-refractivity contribution in [2.24, 2.45) is 0 Å². The van der Waals surface area contributed by atoms with Crippen LogP contribution in [0.3, 0.4) is 0 Å². The molecule has 0 aromatic rings. The van der Waals surface area contributed by atoms with Gasteiger partial charge in [-0.25, -0.2) is 0 Å². The molecule has 2 N–H and O–H groups in total. The molecule has 0 spiro atoms. The Hall–Kier alpha value is -0.220. The van der Waals surface area contributed by atoms with Gasteiger partial charge in [-0.15, -0.1) is 11.8 Å². The molecule has 0 radical (unpaired) electrons. The van der Waals surface area contributed by atoms with Crippen LogP contribution >= 0.6 is 11.8 Å². The lowest BCUT2D eigenvalue weighted by molar-refractivity contribution is -0.123. The van der Waals surface area contributed by atoms with Crippen LogP contribution < -0.4 is 5.32 Å². The number of aliphatic hydroxyl groups excluding tert-OH is 1. The molecule has 1 saturated heterocycles. The van der Waals surface area contributed by atoms with E-state index < -0.39 is 0 Å². The van der Waals surface area contributed by atoms with E-state index in [4.69, 9.17) is 5.11 Å². The highest BCUT2D eigenvalue weighted by molar-refractivity contribution is 8.01. The van der Waals surface area contributed by atoms with Crippen LogP contribution in [0.15, 0.2) is 0 Å². The molecule has 1 unspecified atom stereocenters. The molecular weight excluding hydrogens is 222 g/mol. The standard InChI is InChI=1S/C12H23NO2S/c1-12(7-6-10-16-12)11(15)13-8-4-2-3-5-9-14/h14H,2-10H2,1H3,(H,13,15). The van der Waals surface area contributed by atoms with Gasteiger partial charge in [0.15, 0.2) is 0 Å². The van der Waals surface area contributed by atoms with Crippen molar-refractivity contribution < 1.29 is 9.90 Å². The van der Waals surface area contributed by atoms with Crippen LogP contribution in [0.2, 0.25) is 0 Å². The van der Waals surface area contributed by atoms with Crippen LogP contribution in [0.1, 0.15) is 45.4 Å². The van der Waals surface area contributed by atoms with Gasteiger partial charge in [0.25, 0.3) is 0 Å². The van der Waals surface area contributed by atoms with E-state index in [0.717, 1.165) is 50.8 Å². The van der Waals surface area contributed by atoms with E-state index in [0.29, 0.717) is 0 Å². The molecule has 1 heterocycles. The molecule has 1 fully saturated rings. The lowest BCUT2D eigenvalue weighted by Gasteiger charge is -2.21. The number of unbranched alkanes of at least 4 members (excludes halogenated alkanes) is 3. The number of thioether (sulfide) groups is 1. The van der Waals surface area contributed by atoms with Crippen LogP contribution in [0.5, 0.6) is 0 Å². The van der Waals surface area contributed by atoms with Gasteiger partial charge in [-0.05, 0) is 38.4 Å². The summed E-state index contributed by atoms with van der Waals surface area (Å²) >= 11 is 1.78. The quantitative estimate of drug-likeness (QED) is 0.674. The maximum absolute atomic E-state index is 11.9. The number of hydrogen-bond donors (Lipinski definition) is 2. The summed E-state index contributed by atoms with van der Waals surface area (Å²) < 4.78 is -0.175. The lowest BCUT2D eigenvalue weighted by atomic mass is 10.0. The highest BCUT2D eigenvalue weighted by atomic mass is 32.2. The summed E-state index contributed by atoms with van der Waals surface area (Å²) in [5.74, 6) is 1.32. The van der Waals surface area contributed by atoms with Crippen molar-refractivity contribution in [1.82, 2.24) is 5.32 Å². The molecular formula is C12H23NO2S. The van der Waals surface area contributed by atoms with E-state index in [1.807, 2.05) is 6.92 Å². The number of amides is 1. The molecule has 0 aromatic carbocycles. The first kappa shape index (κ1) is 13.8. The summed E-state index contributed by atoms with van der Waals surface area (Å²) in [6.45, 7) is 3.10. The van der Waals surface area contributed by atoms with E-state index in [2.05, 4.69) is 5.32 Å². The first-order valence-electron chi connectivity index (χ1n) is 6.22. The molecule has 3 nitrogen and oxygen atoms in total. The maximum atomic E-state index is 11.9. The molecule has 1 atom stereocenters. The van der Waals surface area contributed by atoms with Crippen LogP contribution in [-0.2, 0) is 4.79 Å². The Kier molecular flexibility index (Phi) is 6.21. The molecule has 0 aromatic heterocycles. The fourth-order valence-electron chi connectivity index (χ4n) is 1.94. The van der Waals surface area contributed by atoms with Crippen LogP contribution in [0.25, 0.3) is 0 Å². The van der Waals surface area contributed by atoms with Gasteiger partial charge < -0.3 is 10.4 Å². The molecule has 16 heavy (non-hydrogen) atoms. The Bertz CT molecular complexity index is 215. The van der Waals surface area contributed by atoms with Gasteiger partial charge in [-0.2, -0.15) is 0 Å². The maximum Gasteiger partial charge on any atom is 0.235 e.